The van der Waals surface area contributed by atoms with Crippen LogP contribution in [-0.2, 0) is 9.59 Å². The lowest BCUT2D eigenvalue weighted by Gasteiger charge is -2.36. The van der Waals surface area contributed by atoms with Crippen LogP contribution in [0.1, 0.15) is 52.4 Å². The summed E-state index contributed by atoms with van der Waals surface area (Å²) < 4.78 is 0. The SMILES string of the molecule is CCC1C(=O)NCC(=O)N1CCC1CCC(C)CC1. The molecule has 0 radical (unpaired) electrons. The maximum atomic E-state index is 11.9. The van der Waals surface area contributed by atoms with Gasteiger partial charge < -0.3 is 10.2 Å². The summed E-state index contributed by atoms with van der Waals surface area (Å²) in [4.78, 5) is 25.5. The Morgan fingerprint density at radius 2 is 1.89 bits per heavy atom. The summed E-state index contributed by atoms with van der Waals surface area (Å²) >= 11 is 0. The van der Waals surface area contributed by atoms with Gasteiger partial charge in [-0.3, -0.25) is 9.59 Å². The standard InChI is InChI=1S/C15H26N2O2/c1-3-13-15(19)16-10-14(18)17(13)9-8-12-6-4-11(2)5-7-12/h11-13H,3-10H2,1-2H3,(H,16,19). The predicted octanol–water partition coefficient (Wildman–Crippen LogP) is 1.94. The number of rotatable bonds is 4. The van der Waals surface area contributed by atoms with Gasteiger partial charge in [0.2, 0.25) is 11.8 Å². The number of hydrogen-bond donors (Lipinski definition) is 1. The zero-order valence-corrected chi connectivity index (χ0v) is 12.2. The number of nitrogens with one attached hydrogen (secondary N) is 1. The van der Waals surface area contributed by atoms with Crippen LogP contribution in [0, 0.1) is 11.8 Å². The fourth-order valence-corrected chi connectivity index (χ4v) is 3.32. The van der Waals surface area contributed by atoms with Gasteiger partial charge in [-0.1, -0.05) is 39.5 Å². The summed E-state index contributed by atoms with van der Waals surface area (Å²) in [7, 11) is 0. The number of carbonyl (C=O) groups is 2. The third-order valence-electron chi connectivity index (χ3n) is 4.71. The maximum Gasteiger partial charge on any atom is 0.243 e. The first-order chi connectivity index (χ1) is 9.11. The van der Waals surface area contributed by atoms with Gasteiger partial charge in [-0.15, -0.1) is 0 Å². The number of hydrogen-bond acceptors (Lipinski definition) is 2. The van der Waals surface area contributed by atoms with Gasteiger partial charge in [0, 0.05) is 6.54 Å². The summed E-state index contributed by atoms with van der Waals surface area (Å²) in [6.07, 6.45) is 6.96. The molecule has 0 aromatic carbocycles. The summed E-state index contributed by atoms with van der Waals surface area (Å²) in [6.45, 7) is 5.22. The molecule has 0 spiro atoms. The number of carbonyl (C=O) groups excluding carboxylic acids is 2. The van der Waals surface area contributed by atoms with Crippen LogP contribution in [0.3, 0.4) is 0 Å². The minimum Gasteiger partial charge on any atom is -0.345 e. The zero-order valence-electron chi connectivity index (χ0n) is 12.2. The molecule has 2 rings (SSSR count). The minimum absolute atomic E-state index is 0.0133. The first kappa shape index (κ1) is 14.4. The quantitative estimate of drug-likeness (QED) is 0.845. The smallest absolute Gasteiger partial charge is 0.243 e. The molecule has 1 aliphatic heterocycles. The van der Waals surface area contributed by atoms with Crippen molar-refractivity contribution < 1.29 is 9.59 Å². The highest BCUT2D eigenvalue weighted by Gasteiger charge is 2.33. The van der Waals surface area contributed by atoms with Gasteiger partial charge in [0.05, 0.1) is 6.54 Å². The largest absolute Gasteiger partial charge is 0.345 e. The molecule has 1 saturated heterocycles. The number of amides is 2. The molecular formula is C15H26N2O2. The molecular weight excluding hydrogens is 240 g/mol. The molecule has 0 aromatic heterocycles. The van der Waals surface area contributed by atoms with Crippen LogP contribution in [0.2, 0.25) is 0 Å². The Hall–Kier alpha value is -1.06. The second-order valence-electron chi connectivity index (χ2n) is 6.14. The molecule has 0 aromatic rings. The van der Waals surface area contributed by atoms with E-state index >= 15 is 0 Å². The van der Waals surface area contributed by atoms with Crippen molar-refractivity contribution in [2.45, 2.75) is 58.4 Å². The highest BCUT2D eigenvalue weighted by molar-refractivity contribution is 5.94. The first-order valence-corrected chi connectivity index (χ1v) is 7.69. The third-order valence-corrected chi connectivity index (χ3v) is 4.71. The van der Waals surface area contributed by atoms with Gasteiger partial charge in [-0.05, 0) is 24.7 Å². The molecule has 1 unspecified atom stereocenters. The van der Waals surface area contributed by atoms with E-state index in [4.69, 9.17) is 0 Å². The summed E-state index contributed by atoms with van der Waals surface area (Å²) in [5, 5.41) is 2.68. The average molecular weight is 266 g/mol. The minimum atomic E-state index is -0.247. The van der Waals surface area contributed by atoms with Crippen molar-refractivity contribution in [3.05, 3.63) is 0 Å². The van der Waals surface area contributed by atoms with E-state index in [9.17, 15) is 9.59 Å². The monoisotopic (exact) mass is 266 g/mol. The second kappa shape index (κ2) is 6.40. The van der Waals surface area contributed by atoms with Crippen LogP contribution in [0.15, 0.2) is 0 Å². The Kier molecular flexibility index (Phi) is 4.83. The molecule has 19 heavy (non-hydrogen) atoms. The van der Waals surface area contributed by atoms with E-state index < -0.39 is 0 Å². The van der Waals surface area contributed by atoms with Gasteiger partial charge in [-0.2, -0.15) is 0 Å². The van der Waals surface area contributed by atoms with Gasteiger partial charge in [0.15, 0.2) is 0 Å². The zero-order chi connectivity index (χ0) is 13.8. The predicted molar refractivity (Wildman–Crippen MR) is 74.5 cm³/mol. The highest BCUT2D eigenvalue weighted by atomic mass is 16.2. The van der Waals surface area contributed by atoms with Crippen molar-refractivity contribution >= 4 is 11.8 Å². The lowest BCUT2D eigenvalue weighted by molar-refractivity contribution is -0.145. The Morgan fingerprint density at radius 1 is 1.21 bits per heavy atom. The van der Waals surface area contributed by atoms with Gasteiger partial charge >= 0.3 is 0 Å². The molecule has 1 aliphatic carbocycles. The van der Waals surface area contributed by atoms with E-state index in [1.54, 1.807) is 4.90 Å². The van der Waals surface area contributed by atoms with Gasteiger partial charge in [0.25, 0.3) is 0 Å². The van der Waals surface area contributed by atoms with Crippen LogP contribution >= 0.6 is 0 Å². The molecule has 2 aliphatic rings. The van der Waals surface area contributed by atoms with E-state index in [0.29, 0.717) is 6.42 Å². The lowest BCUT2D eigenvalue weighted by atomic mass is 9.81. The molecule has 1 heterocycles. The molecule has 0 bridgehead atoms. The van der Waals surface area contributed by atoms with Crippen molar-refractivity contribution in [3.8, 4) is 0 Å². The second-order valence-corrected chi connectivity index (χ2v) is 6.14. The third kappa shape index (κ3) is 3.48. The normalized spacial score (nSPS) is 32.3. The van der Waals surface area contributed by atoms with Crippen molar-refractivity contribution in [2.24, 2.45) is 11.8 Å². The summed E-state index contributed by atoms with van der Waals surface area (Å²) in [5.41, 5.74) is 0. The summed E-state index contributed by atoms with van der Waals surface area (Å²) in [5.74, 6) is 1.70. The molecule has 1 N–H and O–H groups in total. The number of nitrogens with zero attached hydrogens (tertiary/aromatic N) is 1. The summed E-state index contributed by atoms with van der Waals surface area (Å²) in [6, 6.07) is -0.247. The van der Waals surface area contributed by atoms with E-state index in [2.05, 4.69) is 12.2 Å². The van der Waals surface area contributed by atoms with Crippen LogP contribution in [0.4, 0.5) is 0 Å². The van der Waals surface area contributed by atoms with Gasteiger partial charge in [-0.25, -0.2) is 0 Å². The van der Waals surface area contributed by atoms with Crippen molar-refractivity contribution in [1.82, 2.24) is 10.2 Å². The molecule has 1 saturated carbocycles. The molecule has 2 fully saturated rings. The molecule has 108 valence electrons. The van der Waals surface area contributed by atoms with Gasteiger partial charge in [0.1, 0.15) is 6.04 Å². The fourth-order valence-electron chi connectivity index (χ4n) is 3.32. The topological polar surface area (TPSA) is 49.4 Å². The van der Waals surface area contributed by atoms with Crippen LogP contribution in [-0.4, -0.2) is 35.8 Å². The lowest BCUT2D eigenvalue weighted by Crippen LogP contribution is -2.58. The fraction of sp³-hybridized carbons (Fsp3) is 0.867. The van der Waals surface area contributed by atoms with E-state index in [-0.39, 0.29) is 24.4 Å². The maximum absolute atomic E-state index is 11.9. The molecule has 2 amide bonds. The number of piperazine rings is 1. The molecule has 1 atom stereocenters. The first-order valence-electron chi connectivity index (χ1n) is 7.69. The Bertz CT molecular complexity index is 335. The van der Waals surface area contributed by atoms with E-state index in [1.165, 1.54) is 25.7 Å². The van der Waals surface area contributed by atoms with E-state index in [0.717, 1.165) is 24.8 Å². The van der Waals surface area contributed by atoms with Crippen LogP contribution in [0.5, 0.6) is 0 Å². The Morgan fingerprint density at radius 3 is 2.53 bits per heavy atom. The van der Waals surface area contributed by atoms with Crippen LogP contribution in [0.25, 0.3) is 0 Å². The average Bonchev–Trinajstić information content (AvgIpc) is 2.41. The van der Waals surface area contributed by atoms with E-state index in [1.807, 2.05) is 6.92 Å². The highest BCUT2D eigenvalue weighted by Crippen LogP contribution is 2.30. The van der Waals surface area contributed by atoms with Crippen LogP contribution < -0.4 is 5.32 Å². The molecule has 4 heteroatoms. The Labute approximate surface area is 115 Å². The molecule has 4 nitrogen and oxygen atoms in total. The van der Waals surface area contributed by atoms with Crippen molar-refractivity contribution in [3.63, 3.8) is 0 Å². The van der Waals surface area contributed by atoms with Crippen molar-refractivity contribution in [2.75, 3.05) is 13.1 Å². The Balaban J connectivity index is 1.85. The van der Waals surface area contributed by atoms with Crippen molar-refractivity contribution in [1.29, 1.82) is 0 Å².